The molecule has 0 bridgehead atoms. The van der Waals surface area contributed by atoms with Crippen LogP contribution in [-0.2, 0) is 5.41 Å². The molecule has 0 radical (unpaired) electrons. The van der Waals surface area contributed by atoms with Gasteiger partial charge in [0, 0.05) is 17.9 Å². The highest BCUT2D eigenvalue weighted by Crippen LogP contribution is 2.40. The molecule has 1 saturated heterocycles. The van der Waals surface area contributed by atoms with Crippen LogP contribution in [0.3, 0.4) is 0 Å². The number of rotatable bonds is 4. The maximum Gasteiger partial charge on any atom is 0.138 e. The number of allylic oxidation sites excluding steroid dienone is 2. The van der Waals surface area contributed by atoms with Crippen molar-refractivity contribution >= 4 is 11.6 Å². The van der Waals surface area contributed by atoms with Gasteiger partial charge < -0.3 is 10.1 Å². The van der Waals surface area contributed by atoms with E-state index in [1.54, 1.807) is 0 Å². The van der Waals surface area contributed by atoms with E-state index in [2.05, 4.69) is 36.5 Å². The molecule has 0 aromatic heterocycles. The Hall–Kier alpha value is -0.990. The van der Waals surface area contributed by atoms with Crippen LogP contribution >= 0.6 is 11.6 Å². The molecular weight excluding hydrogens is 246 g/mol. The summed E-state index contributed by atoms with van der Waals surface area (Å²) < 4.78 is 5.88. The Balaban J connectivity index is 1.70. The van der Waals surface area contributed by atoms with Gasteiger partial charge in [0.1, 0.15) is 5.75 Å². The number of halogens is 1. The summed E-state index contributed by atoms with van der Waals surface area (Å²) in [6, 6.07) is 6.08. The fourth-order valence-corrected chi connectivity index (χ4v) is 2.50. The highest BCUT2D eigenvalue weighted by Gasteiger charge is 2.30. The normalized spacial score (nSPS) is 24.2. The van der Waals surface area contributed by atoms with Crippen LogP contribution in [0.15, 0.2) is 30.4 Å². The van der Waals surface area contributed by atoms with Gasteiger partial charge in [0.25, 0.3) is 0 Å². The van der Waals surface area contributed by atoms with Gasteiger partial charge in [0.05, 0.1) is 11.6 Å². The number of ether oxygens (including phenoxy) is 1. The number of hydrogen-bond donors (Lipinski definition) is 1. The number of benzene rings is 1. The van der Waals surface area contributed by atoms with Crippen LogP contribution < -0.4 is 10.1 Å². The fraction of sp³-hybridized carbons (Fsp3) is 0.467. The predicted octanol–water partition coefficient (Wildman–Crippen LogP) is 3.16. The van der Waals surface area contributed by atoms with Crippen LogP contribution in [0.2, 0.25) is 5.02 Å². The molecule has 1 aromatic carbocycles. The van der Waals surface area contributed by atoms with Gasteiger partial charge in [-0.2, -0.15) is 0 Å². The van der Waals surface area contributed by atoms with E-state index < -0.39 is 0 Å². The second-order valence-corrected chi connectivity index (χ2v) is 5.84. The van der Waals surface area contributed by atoms with E-state index in [4.69, 9.17) is 16.3 Å². The van der Waals surface area contributed by atoms with E-state index in [0.717, 1.165) is 25.4 Å². The molecule has 0 saturated carbocycles. The maximum absolute atomic E-state index is 6.19. The molecule has 1 unspecified atom stereocenters. The lowest BCUT2D eigenvalue weighted by Crippen LogP contribution is -2.15. The Kier molecular flexibility index (Phi) is 3.08. The van der Waals surface area contributed by atoms with Gasteiger partial charge in [-0.25, -0.2) is 0 Å². The Morgan fingerprint density at radius 2 is 2.28 bits per heavy atom. The summed E-state index contributed by atoms with van der Waals surface area (Å²) in [6.07, 6.45) is 5.58. The molecule has 18 heavy (non-hydrogen) atoms. The second-order valence-electron chi connectivity index (χ2n) is 5.43. The highest BCUT2D eigenvalue weighted by molar-refractivity contribution is 6.32. The first-order chi connectivity index (χ1) is 8.67. The van der Waals surface area contributed by atoms with Crippen LogP contribution in [0.5, 0.6) is 5.75 Å². The first-order valence-electron chi connectivity index (χ1n) is 6.51. The van der Waals surface area contributed by atoms with Crippen molar-refractivity contribution in [2.75, 3.05) is 19.7 Å². The predicted molar refractivity (Wildman–Crippen MR) is 74.4 cm³/mol. The Morgan fingerprint density at radius 3 is 2.94 bits per heavy atom. The number of hydrogen-bond acceptors (Lipinski definition) is 2. The van der Waals surface area contributed by atoms with E-state index in [0.29, 0.717) is 10.9 Å². The molecule has 1 heterocycles. The zero-order chi connectivity index (χ0) is 12.6. The van der Waals surface area contributed by atoms with E-state index in [-0.39, 0.29) is 5.41 Å². The summed E-state index contributed by atoms with van der Waals surface area (Å²) >= 11 is 6.19. The van der Waals surface area contributed by atoms with E-state index >= 15 is 0 Å². The summed E-state index contributed by atoms with van der Waals surface area (Å²) in [5.41, 5.74) is 1.38. The smallest absolute Gasteiger partial charge is 0.138 e. The van der Waals surface area contributed by atoms with Gasteiger partial charge in [-0.1, -0.05) is 29.8 Å². The van der Waals surface area contributed by atoms with Crippen molar-refractivity contribution in [1.29, 1.82) is 0 Å². The molecule has 1 aromatic rings. The van der Waals surface area contributed by atoms with Crippen molar-refractivity contribution in [3.05, 3.63) is 40.9 Å². The van der Waals surface area contributed by atoms with Gasteiger partial charge in [-0.05, 0) is 37.6 Å². The van der Waals surface area contributed by atoms with Crippen LogP contribution in [0.4, 0.5) is 0 Å². The van der Waals surface area contributed by atoms with Gasteiger partial charge in [-0.3, -0.25) is 0 Å². The van der Waals surface area contributed by atoms with Gasteiger partial charge in [0.15, 0.2) is 0 Å². The summed E-state index contributed by atoms with van der Waals surface area (Å²) in [5.74, 6) is 1.43. The van der Waals surface area contributed by atoms with E-state index in [9.17, 15) is 0 Å². The van der Waals surface area contributed by atoms with Crippen LogP contribution in [0, 0.1) is 5.92 Å². The lowest BCUT2D eigenvalue weighted by molar-refractivity contribution is 0.260. The molecular formula is C15H18ClNO. The summed E-state index contributed by atoms with van der Waals surface area (Å²) in [4.78, 5) is 0. The maximum atomic E-state index is 6.19. The quantitative estimate of drug-likeness (QED) is 0.843. The minimum Gasteiger partial charge on any atom is -0.492 e. The molecule has 0 spiro atoms. The molecule has 1 N–H and O–H groups in total. The monoisotopic (exact) mass is 263 g/mol. The molecule has 2 aliphatic rings. The standard InChI is InChI=1S/C15H18ClNO/c1-15(5-6-15)12-2-3-13(16)14(8-12)18-10-11-4-7-17-9-11/h2-3,5-6,8,11,17H,4,7,9-10H2,1H3. The summed E-state index contributed by atoms with van der Waals surface area (Å²) in [5, 5.41) is 4.05. The fourth-order valence-electron chi connectivity index (χ4n) is 2.33. The van der Waals surface area contributed by atoms with Gasteiger partial charge in [-0.15, -0.1) is 0 Å². The topological polar surface area (TPSA) is 21.3 Å². The third kappa shape index (κ3) is 2.40. The Labute approximate surface area is 113 Å². The Morgan fingerprint density at radius 1 is 1.44 bits per heavy atom. The second kappa shape index (κ2) is 4.60. The first-order valence-corrected chi connectivity index (χ1v) is 6.89. The minimum atomic E-state index is 0.123. The highest BCUT2D eigenvalue weighted by atomic mass is 35.5. The molecule has 96 valence electrons. The first kappa shape index (κ1) is 12.1. The zero-order valence-corrected chi connectivity index (χ0v) is 11.3. The number of nitrogens with one attached hydrogen (secondary N) is 1. The minimum absolute atomic E-state index is 0.123. The molecule has 3 rings (SSSR count). The van der Waals surface area contributed by atoms with Gasteiger partial charge in [0.2, 0.25) is 0 Å². The molecule has 0 amide bonds. The van der Waals surface area contributed by atoms with E-state index in [1.165, 1.54) is 12.0 Å². The van der Waals surface area contributed by atoms with Crippen LogP contribution in [0.25, 0.3) is 0 Å². The third-order valence-electron chi connectivity index (χ3n) is 3.86. The van der Waals surface area contributed by atoms with Crippen LogP contribution in [0.1, 0.15) is 18.9 Å². The van der Waals surface area contributed by atoms with Crippen LogP contribution in [-0.4, -0.2) is 19.7 Å². The molecule has 1 fully saturated rings. The SMILES string of the molecule is CC1(c2ccc(Cl)c(OCC3CCNC3)c2)C=C1. The molecule has 1 aliphatic heterocycles. The molecule has 1 atom stereocenters. The summed E-state index contributed by atoms with van der Waals surface area (Å²) in [7, 11) is 0. The molecule has 3 heteroatoms. The van der Waals surface area contributed by atoms with Crippen molar-refractivity contribution in [3.8, 4) is 5.75 Å². The summed E-state index contributed by atoms with van der Waals surface area (Å²) in [6.45, 7) is 5.10. The third-order valence-corrected chi connectivity index (χ3v) is 4.17. The molecule has 1 aliphatic carbocycles. The van der Waals surface area contributed by atoms with Gasteiger partial charge >= 0.3 is 0 Å². The van der Waals surface area contributed by atoms with Crippen molar-refractivity contribution in [2.24, 2.45) is 5.92 Å². The zero-order valence-electron chi connectivity index (χ0n) is 10.6. The van der Waals surface area contributed by atoms with Crippen molar-refractivity contribution < 1.29 is 4.74 Å². The van der Waals surface area contributed by atoms with Crippen molar-refractivity contribution in [3.63, 3.8) is 0 Å². The lowest BCUT2D eigenvalue weighted by atomic mass is 9.96. The van der Waals surface area contributed by atoms with Crippen molar-refractivity contribution in [2.45, 2.75) is 18.8 Å². The largest absolute Gasteiger partial charge is 0.492 e. The average molecular weight is 264 g/mol. The Bertz CT molecular complexity index is 471. The molecule has 2 nitrogen and oxygen atoms in total. The van der Waals surface area contributed by atoms with Crippen molar-refractivity contribution in [1.82, 2.24) is 5.32 Å². The lowest BCUT2D eigenvalue weighted by Gasteiger charge is -2.15. The average Bonchev–Trinajstić information content (AvgIpc) is 2.93. The van der Waals surface area contributed by atoms with E-state index in [1.807, 2.05) is 6.07 Å².